The molecule has 1 saturated carbocycles. The number of carbonyl (C=O) groups is 2. The highest BCUT2D eigenvalue weighted by atomic mass is 35.5. The highest BCUT2D eigenvalue weighted by molar-refractivity contribution is 6.25. The number of hydrogen-bond donors (Lipinski definition) is 1. The SMILES string of the molecule is CCC1(C)NC(=O)C(C2CCCCC2)N(C/C=C/Cl)C1=O. The van der Waals surface area contributed by atoms with Gasteiger partial charge in [0.2, 0.25) is 11.8 Å². The number of nitrogens with zero attached hydrogens (tertiary/aromatic N) is 1. The number of piperazine rings is 1. The van der Waals surface area contributed by atoms with Crippen molar-refractivity contribution in [3.05, 3.63) is 11.6 Å². The van der Waals surface area contributed by atoms with E-state index < -0.39 is 5.54 Å². The highest BCUT2D eigenvalue weighted by Crippen LogP contribution is 2.33. The number of amides is 2. The van der Waals surface area contributed by atoms with E-state index >= 15 is 0 Å². The number of hydrogen-bond acceptors (Lipinski definition) is 2. The summed E-state index contributed by atoms with van der Waals surface area (Å²) in [7, 11) is 0. The van der Waals surface area contributed by atoms with Gasteiger partial charge < -0.3 is 10.2 Å². The van der Waals surface area contributed by atoms with Crippen molar-refractivity contribution in [3.8, 4) is 0 Å². The molecule has 1 N–H and O–H groups in total. The number of halogens is 1. The molecular formula is C16H25ClN2O2. The number of carbonyl (C=O) groups excluding carboxylic acids is 2. The second-order valence-electron chi connectivity index (χ2n) is 6.34. The van der Waals surface area contributed by atoms with Crippen LogP contribution in [0, 0.1) is 5.92 Å². The minimum absolute atomic E-state index is 0.00572. The Balaban J connectivity index is 2.27. The first kappa shape index (κ1) is 16.3. The van der Waals surface area contributed by atoms with Crippen molar-refractivity contribution in [2.45, 2.75) is 64.0 Å². The summed E-state index contributed by atoms with van der Waals surface area (Å²) >= 11 is 5.62. The molecule has 0 bridgehead atoms. The fourth-order valence-corrected chi connectivity index (χ4v) is 3.57. The average molecular weight is 313 g/mol. The molecule has 2 unspecified atom stereocenters. The highest BCUT2D eigenvalue weighted by Gasteiger charge is 2.49. The van der Waals surface area contributed by atoms with E-state index in [-0.39, 0.29) is 23.8 Å². The largest absolute Gasteiger partial charge is 0.340 e. The third-order valence-electron chi connectivity index (χ3n) is 4.93. The normalized spacial score (nSPS) is 31.8. The number of rotatable bonds is 4. The zero-order chi connectivity index (χ0) is 15.5. The van der Waals surface area contributed by atoms with Crippen molar-refractivity contribution in [3.63, 3.8) is 0 Å². The summed E-state index contributed by atoms with van der Waals surface area (Å²) < 4.78 is 0. The Labute approximate surface area is 131 Å². The van der Waals surface area contributed by atoms with E-state index in [4.69, 9.17) is 11.6 Å². The lowest BCUT2D eigenvalue weighted by molar-refractivity contribution is -0.156. The van der Waals surface area contributed by atoms with Gasteiger partial charge >= 0.3 is 0 Å². The van der Waals surface area contributed by atoms with Crippen LogP contribution >= 0.6 is 11.6 Å². The molecule has 1 saturated heterocycles. The van der Waals surface area contributed by atoms with Crippen LogP contribution in [0.25, 0.3) is 0 Å². The minimum atomic E-state index is -0.789. The third-order valence-corrected chi connectivity index (χ3v) is 5.11. The molecule has 2 aliphatic rings. The molecule has 2 amide bonds. The van der Waals surface area contributed by atoms with Gasteiger partial charge in [-0.15, -0.1) is 0 Å². The summed E-state index contributed by atoms with van der Waals surface area (Å²) in [6, 6.07) is -0.342. The van der Waals surface area contributed by atoms with E-state index in [1.165, 1.54) is 12.0 Å². The van der Waals surface area contributed by atoms with E-state index in [9.17, 15) is 9.59 Å². The van der Waals surface area contributed by atoms with Gasteiger partial charge in [0.1, 0.15) is 11.6 Å². The lowest BCUT2D eigenvalue weighted by atomic mass is 9.80. The topological polar surface area (TPSA) is 49.4 Å². The lowest BCUT2D eigenvalue weighted by Crippen LogP contribution is -2.70. The van der Waals surface area contributed by atoms with Gasteiger partial charge in [0, 0.05) is 12.1 Å². The van der Waals surface area contributed by atoms with Gasteiger partial charge in [-0.2, -0.15) is 0 Å². The molecule has 1 heterocycles. The zero-order valence-electron chi connectivity index (χ0n) is 12.9. The molecule has 0 aromatic rings. The van der Waals surface area contributed by atoms with Crippen molar-refractivity contribution in [2.75, 3.05) is 6.54 Å². The maximum absolute atomic E-state index is 12.8. The van der Waals surface area contributed by atoms with Gasteiger partial charge in [0.25, 0.3) is 0 Å². The lowest BCUT2D eigenvalue weighted by Gasteiger charge is -2.47. The second kappa shape index (κ2) is 6.82. The fraction of sp³-hybridized carbons (Fsp3) is 0.750. The van der Waals surface area contributed by atoms with Gasteiger partial charge in [-0.05, 0) is 32.1 Å². The molecule has 1 aliphatic carbocycles. The van der Waals surface area contributed by atoms with Crippen LogP contribution < -0.4 is 5.32 Å². The second-order valence-corrected chi connectivity index (χ2v) is 6.59. The summed E-state index contributed by atoms with van der Waals surface area (Å²) in [6.07, 6.45) is 7.90. The van der Waals surface area contributed by atoms with E-state index in [0.717, 1.165) is 25.7 Å². The Hall–Kier alpha value is -1.03. The Morgan fingerprint density at radius 3 is 2.57 bits per heavy atom. The van der Waals surface area contributed by atoms with Crippen LogP contribution in [0.4, 0.5) is 0 Å². The molecule has 118 valence electrons. The first-order valence-corrected chi connectivity index (χ1v) is 8.35. The van der Waals surface area contributed by atoms with E-state index in [1.54, 1.807) is 11.0 Å². The summed E-state index contributed by atoms with van der Waals surface area (Å²) in [5.74, 6) is 0.275. The summed E-state index contributed by atoms with van der Waals surface area (Å²) in [6.45, 7) is 4.14. The molecule has 21 heavy (non-hydrogen) atoms. The van der Waals surface area contributed by atoms with Crippen LogP contribution in [0.15, 0.2) is 11.6 Å². The number of nitrogens with one attached hydrogen (secondary N) is 1. The van der Waals surface area contributed by atoms with E-state index in [1.807, 2.05) is 13.8 Å². The van der Waals surface area contributed by atoms with Crippen molar-refractivity contribution in [2.24, 2.45) is 5.92 Å². The molecule has 2 fully saturated rings. The van der Waals surface area contributed by atoms with Gasteiger partial charge in [0.15, 0.2) is 0 Å². The van der Waals surface area contributed by atoms with Gasteiger partial charge in [0.05, 0.1) is 0 Å². The van der Waals surface area contributed by atoms with Crippen LogP contribution in [0.3, 0.4) is 0 Å². The predicted molar refractivity (Wildman–Crippen MR) is 83.9 cm³/mol. The molecule has 4 nitrogen and oxygen atoms in total. The van der Waals surface area contributed by atoms with Crippen LogP contribution in [0.1, 0.15) is 52.4 Å². The van der Waals surface area contributed by atoms with Crippen molar-refractivity contribution < 1.29 is 9.59 Å². The molecule has 5 heteroatoms. The first-order valence-electron chi connectivity index (χ1n) is 7.92. The predicted octanol–water partition coefficient (Wildman–Crippen LogP) is 2.81. The molecule has 2 rings (SSSR count). The quantitative estimate of drug-likeness (QED) is 0.868. The molecule has 1 aliphatic heterocycles. The van der Waals surface area contributed by atoms with Crippen LogP contribution in [0.2, 0.25) is 0 Å². The van der Waals surface area contributed by atoms with Crippen molar-refractivity contribution in [1.82, 2.24) is 10.2 Å². The average Bonchev–Trinajstić information content (AvgIpc) is 2.50. The van der Waals surface area contributed by atoms with Crippen LogP contribution in [-0.4, -0.2) is 34.8 Å². The van der Waals surface area contributed by atoms with E-state index in [0.29, 0.717) is 13.0 Å². The zero-order valence-corrected chi connectivity index (χ0v) is 13.7. The van der Waals surface area contributed by atoms with Crippen LogP contribution in [0.5, 0.6) is 0 Å². The smallest absolute Gasteiger partial charge is 0.248 e. The molecular weight excluding hydrogens is 288 g/mol. The van der Waals surface area contributed by atoms with Gasteiger partial charge in [-0.25, -0.2) is 0 Å². The molecule has 0 aromatic heterocycles. The van der Waals surface area contributed by atoms with Crippen molar-refractivity contribution >= 4 is 23.4 Å². The Kier molecular flexibility index (Phi) is 5.31. The van der Waals surface area contributed by atoms with E-state index in [2.05, 4.69) is 5.32 Å². The maximum Gasteiger partial charge on any atom is 0.248 e. The third kappa shape index (κ3) is 3.25. The molecule has 2 atom stereocenters. The van der Waals surface area contributed by atoms with Crippen LogP contribution in [-0.2, 0) is 9.59 Å². The van der Waals surface area contributed by atoms with Gasteiger partial charge in [-0.1, -0.05) is 43.9 Å². The van der Waals surface area contributed by atoms with Crippen molar-refractivity contribution in [1.29, 1.82) is 0 Å². The Morgan fingerprint density at radius 2 is 2.00 bits per heavy atom. The minimum Gasteiger partial charge on any atom is -0.340 e. The molecule has 0 aromatic carbocycles. The fourth-order valence-electron chi connectivity index (χ4n) is 3.49. The monoisotopic (exact) mass is 312 g/mol. The standard InChI is InChI=1S/C16H25ClN2O2/c1-3-16(2)15(21)19(11-7-10-17)13(14(20)18-16)12-8-5-4-6-9-12/h7,10,12-13H,3-6,8-9,11H2,1-2H3,(H,18,20)/b10-7+. The summed E-state index contributed by atoms with van der Waals surface area (Å²) in [5, 5.41) is 2.96. The maximum atomic E-state index is 12.8. The molecule has 0 spiro atoms. The Morgan fingerprint density at radius 1 is 1.33 bits per heavy atom. The summed E-state index contributed by atoms with van der Waals surface area (Å²) in [5.41, 5.74) is 0.628. The Bertz CT molecular complexity index is 432. The first-order chi connectivity index (χ1) is 10.0. The molecule has 0 radical (unpaired) electrons. The van der Waals surface area contributed by atoms with Gasteiger partial charge in [-0.3, -0.25) is 9.59 Å². The summed E-state index contributed by atoms with van der Waals surface area (Å²) in [4.78, 5) is 27.2.